The first kappa shape index (κ1) is 22.2. The van der Waals surface area contributed by atoms with E-state index in [9.17, 15) is 9.59 Å². The Kier molecular flexibility index (Phi) is 5.40. The molecule has 0 fully saturated rings. The van der Waals surface area contributed by atoms with E-state index in [2.05, 4.69) is 4.98 Å². The fourth-order valence-electron chi connectivity index (χ4n) is 4.29. The van der Waals surface area contributed by atoms with Crippen LogP contribution in [0.2, 0.25) is 0 Å². The van der Waals surface area contributed by atoms with E-state index in [1.54, 1.807) is 36.3 Å². The van der Waals surface area contributed by atoms with Crippen LogP contribution in [-0.2, 0) is 0 Å². The zero-order valence-electron chi connectivity index (χ0n) is 19.6. The lowest BCUT2D eigenvalue weighted by molar-refractivity contribution is 0.0971. The number of rotatable bonds is 5. The molecular formula is C26H24N2O5S. The van der Waals surface area contributed by atoms with Gasteiger partial charge in [0.15, 0.2) is 22.1 Å². The van der Waals surface area contributed by atoms with Crippen LogP contribution in [0.3, 0.4) is 0 Å². The van der Waals surface area contributed by atoms with E-state index < -0.39 is 6.04 Å². The number of aryl methyl sites for hydroxylation is 3. The number of anilines is 1. The summed E-state index contributed by atoms with van der Waals surface area (Å²) in [7, 11) is 1.56. The second-order valence-corrected chi connectivity index (χ2v) is 9.41. The van der Waals surface area contributed by atoms with Crippen LogP contribution in [-0.4, -0.2) is 24.6 Å². The zero-order chi connectivity index (χ0) is 24.1. The number of hydrogen-bond acceptors (Lipinski definition) is 7. The van der Waals surface area contributed by atoms with Crippen molar-refractivity contribution in [2.24, 2.45) is 0 Å². The highest BCUT2D eigenvalue weighted by Crippen LogP contribution is 2.44. The van der Waals surface area contributed by atoms with Crippen LogP contribution in [0.15, 0.2) is 45.6 Å². The predicted molar refractivity (Wildman–Crippen MR) is 132 cm³/mol. The van der Waals surface area contributed by atoms with Crippen molar-refractivity contribution in [1.29, 1.82) is 0 Å². The van der Waals surface area contributed by atoms with Gasteiger partial charge in [-0.2, -0.15) is 0 Å². The van der Waals surface area contributed by atoms with Crippen LogP contribution in [0.5, 0.6) is 11.5 Å². The number of hydrogen-bond donors (Lipinski definition) is 0. The molecule has 0 radical (unpaired) electrons. The molecule has 2 aromatic heterocycles. The summed E-state index contributed by atoms with van der Waals surface area (Å²) in [5.74, 6) is 0.769. The lowest BCUT2D eigenvalue weighted by Gasteiger charge is -2.23. The van der Waals surface area contributed by atoms with E-state index in [1.165, 1.54) is 11.3 Å². The zero-order valence-corrected chi connectivity index (χ0v) is 20.4. The average molecular weight is 477 g/mol. The maximum absolute atomic E-state index is 13.8. The second kappa shape index (κ2) is 8.29. The molecule has 34 heavy (non-hydrogen) atoms. The number of amides is 1. The lowest BCUT2D eigenvalue weighted by atomic mass is 9.98. The first-order valence-electron chi connectivity index (χ1n) is 11.0. The first-order valence-corrected chi connectivity index (χ1v) is 11.8. The molecule has 0 spiro atoms. The Bertz CT molecular complexity index is 1480. The summed E-state index contributed by atoms with van der Waals surface area (Å²) in [6, 6.07) is 10.1. The number of fused-ring (bicyclic) bond motifs is 2. The Labute approximate surface area is 200 Å². The van der Waals surface area contributed by atoms with Crippen LogP contribution in [0, 0.1) is 20.8 Å². The average Bonchev–Trinajstić information content (AvgIpc) is 3.30. The predicted octanol–water partition coefficient (Wildman–Crippen LogP) is 5.33. The Morgan fingerprint density at radius 1 is 1.09 bits per heavy atom. The molecule has 2 aromatic carbocycles. The Balaban J connectivity index is 1.79. The summed E-state index contributed by atoms with van der Waals surface area (Å²) in [5, 5.41) is 0.965. The van der Waals surface area contributed by atoms with Crippen molar-refractivity contribution < 1.29 is 18.7 Å². The molecule has 0 bridgehead atoms. The molecule has 1 aliphatic rings. The van der Waals surface area contributed by atoms with Crippen molar-refractivity contribution in [3.63, 3.8) is 0 Å². The molecule has 5 rings (SSSR count). The minimum absolute atomic E-state index is 0.0460. The third kappa shape index (κ3) is 3.37. The van der Waals surface area contributed by atoms with Gasteiger partial charge < -0.3 is 13.9 Å². The summed E-state index contributed by atoms with van der Waals surface area (Å²) >= 11 is 1.41. The molecule has 4 aromatic rings. The molecule has 0 aliphatic carbocycles. The van der Waals surface area contributed by atoms with Crippen LogP contribution in [0.25, 0.3) is 11.0 Å². The highest BCUT2D eigenvalue weighted by atomic mass is 32.1. The van der Waals surface area contributed by atoms with Gasteiger partial charge in [-0.15, -0.1) is 11.3 Å². The van der Waals surface area contributed by atoms with E-state index in [-0.39, 0.29) is 17.1 Å². The summed E-state index contributed by atoms with van der Waals surface area (Å²) < 4.78 is 17.3. The van der Waals surface area contributed by atoms with Gasteiger partial charge in [0.25, 0.3) is 5.91 Å². The Morgan fingerprint density at radius 3 is 2.56 bits per heavy atom. The van der Waals surface area contributed by atoms with Crippen LogP contribution < -0.4 is 19.8 Å². The van der Waals surface area contributed by atoms with Crippen molar-refractivity contribution in [2.75, 3.05) is 18.6 Å². The monoisotopic (exact) mass is 476 g/mol. The molecule has 174 valence electrons. The number of aromatic nitrogens is 1. The number of carbonyl (C=O) groups is 1. The molecule has 0 unspecified atom stereocenters. The van der Waals surface area contributed by atoms with Gasteiger partial charge in [-0.3, -0.25) is 14.5 Å². The number of benzene rings is 2. The van der Waals surface area contributed by atoms with E-state index in [0.29, 0.717) is 45.3 Å². The molecule has 0 N–H and O–H groups in total. The second-order valence-electron chi connectivity index (χ2n) is 8.23. The maximum Gasteiger partial charge on any atom is 0.297 e. The minimum atomic E-state index is -0.710. The van der Waals surface area contributed by atoms with Gasteiger partial charge >= 0.3 is 0 Å². The largest absolute Gasteiger partial charge is 0.493 e. The Morgan fingerprint density at radius 2 is 1.88 bits per heavy atom. The molecule has 1 amide bonds. The minimum Gasteiger partial charge on any atom is -0.493 e. The molecule has 1 aliphatic heterocycles. The van der Waals surface area contributed by atoms with Crippen molar-refractivity contribution in [1.82, 2.24) is 4.98 Å². The third-order valence-electron chi connectivity index (χ3n) is 6.05. The van der Waals surface area contributed by atoms with Crippen molar-refractivity contribution >= 4 is 33.3 Å². The van der Waals surface area contributed by atoms with Gasteiger partial charge in [-0.05, 0) is 57.5 Å². The summed E-state index contributed by atoms with van der Waals surface area (Å²) in [4.78, 5) is 34.6. The standard InChI is InChI=1S/C26H24N2O5S/c1-6-32-19-10-8-16(12-20(19)31-5)22-21-23(29)17-11-13(2)7-9-18(17)33-24(21)25(30)28(22)26-27-14(3)15(4)34-26/h7-12,22H,6H2,1-5H3/t22-/m1/s1. The maximum atomic E-state index is 13.8. The molecule has 1 atom stereocenters. The van der Waals surface area contributed by atoms with Crippen LogP contribution in [0.4, 0.5) is 5.13 Å². The summed E-state index contributed by atoms with van der Waals surface area (Å²) in [5.41, 5.74) is 2.95. The normalized spacial score (nSPS) is 15.1. The highest BCUT2D eigenvalue weighted by Gasteiger charge is 2.45. The van der Waals surface area contributed by atoms with Crippen molar-refractivity contribution in [3.8, 4) is 11.5 Å². The molecular weight excluding hydrogens is 452 g/mol. The molecule has 0 saturated heterocycles. The van der Waals surface area contributed by atoms with Gasteiger partial charge in [-0.25, -0.2) is 4.98 Å². The molecule has 8 heteroatoms. The third-order valence-corrected chi connectivity index (χ3v) is 7.12. The Hall–Kier alpha value is -3.65. The number of carbonyl (C=O) groups excluding carboxylic acids is 1. The smallest absolute Gasteiger partial charge is 0.297 e. The van der Waals surface area contributed by atoms with Gasteiger partial charge in [0.05, 0.1) is 36.4 Å². The van der Waals surface area contributed by atoms with E-state index in [4.69, 9.17) is 13.9 Å². The summed E-state index contributed by atoms with van der Waals surface area (Å²) in [6.45, 7) is 8.16. The number of methoxy groups -OCH3 is 1. The molecule has 7 nitrogen and oxygen atoms in total. The fourth-order valence-corrected chi connectivity index (χ4v) is 5.22. The van der Waals surface area contributed by atoms with Crippen LogP contribution >= 0.6 is 11.3 Å². The SMILES string of the molecule is CCOc1ccc([C@@H]2c3c(oc4ccc(C)cc4c3=O)C(=O)N2c2nc(C)c(C)s2)cc1OC. The van der Waals surface area contributed by atoms with E-state index >= 15 is 0 Å². The fraction of sp³-hybridized carbons (Fsp3) is 0.269. The topological polar surface area (TPSA) is 81.9 Å². The van der Waals surface area contributed by atoms with Gasteiger partial charge in [0.2, 0.25) is 5.76 Å². The number of ether oxygens (including phenoxy) is 2. The number of nitrogens with zero attached hydrogens (tertiary/aromatic N) is 2. The van der Waals surface area contributed by atoms with Gasteiger partial charge in [-0.1, -0.05) is 17.7 Å². The van der Waals surface area contributed by atoms with Crippen LogP contribution in [0.1, 0.15) is 50.8 Å². The van der Waals surface area contributed by atoms with E-state index in [1.807, 2.05) is 39.8 Å². The van der Waals surface area contributed by atoms with Crippen molar-refractivity contribution in [2.45, 2.75) is 33.7 Å². The number of thiazole rings is 1. The van der Waals surface area contributed by atoms with Crippen molar-refractivity contribution in [3.05, 3.63) is 79.6 Å². The quantitative estimate of drug-likeness (QED) is 0.387. The van der Waals surface area contributed by atoms with Gasteiger partial charge in [0.1, 0.15) is 5.58 Å². The lowest BCUT2D eigenvalue weighted by Crippen LogP contribution is -2.29. The van der Waals surface area contributed by atoms with Gasteiger partial charge in [0, 0.05) is 4.88 Å². The first-order chi connectivity index (χ1) is 16.3. The molecule has 0 saturated carbocycles. The highest BCUT2D eigenvalue weighted by molar-refractivity contribution is 7.15. The molecule has 3 heterocycles. The van der Waals surface area contributed by atoms with E-state index in [0.717, 1.165) is 16.1 Å². The summed E-state index contributed by atoms with van der Waals surface area (Å²) in [6.07, 6.45) is 0.